The molecule has 0 fully saturated rings. The number of hydrogen-bond donors (Lipinski definition) is 2. The molecular formula is C10H14Cl2N2O2S2. The van der Waals surface area contributed by atoms with E-state index in [1.807, 2.05) is 6.26 Å². The van der Waals surface area contributed by atoms with Gasteiger partial charge in [-0.2, -0.15) is 11.8 Å². The van der Waals surface area contributed by atoms with Gasteiger partial charge in [-0.15, -0.1) is 0 Å². The number of nitrogen functional groups attached to an aromatic ring is 1. The lowest BCUT2D eigenvalue weighted by Crippen LogP contribution is -2.25. The van der Waals surface area contributed by atoms with Crippen molar-refractivity contribution >= 4 is 50.7 Å². The van der Waals surface area contributed by atoms with Gasteiger partial charge in [-0.05, 0) is 30.6 Å². The van der Waals surface area contributed by atoms with Gasteiger partial charge in [0.1, 0.15) is 4.90 Å². The predicted octanol–water partition coefficient (Wildman–Crippen LogP) is 2.61. The fourth-order valence-electron chi connectivity index (χ4n) is 1.26. The largest absolute Gasteiger partial charge is 0.396 e. The van der Waals surface area contributed by atoms with E-state index in [1.165, 1.54) is 12.1 Å². The lowest BCUT2D eigenvalue weighted by Gasteiger charge is -2.10. The topological polar surface area (TPSA) is 72.2 Å². The highest BCUT2D eigenvalue weighted by Gasteiger charge is 2.20. The average Bonchev–Trinajstić information content (AvgIpc) is 2.31. The first-order valence-corrected chi connectivity index (χ1v) is 8.75. The minimum Gasteiger partial charge on any atom is -0.396 e. The Balaban J connectivity index is 2.89. The molecule has 0 heterocycles. The summed E-state index contributed by atoms with van der Waals surface area (Å²) < 4.78 is 26.4. The van der Waals surface area contributed by atoms with Gasteiger partial charge in [0.15, 0.2) is 0 Å². The van der Waals surface area contributed by atoms with Crippen LogP contribution in [-0.4, -0.2) is 27.0 Å². The monoisotopic (exact) mass is 328 g/mol. The second-order valence-electron chi connectivity index (χ2n) is 3.52. The number of nitrogens with one attached hydrogen (secondary N) is 1. The Hall–Kier alpha value is -0.140. The summed E-state index contributed by atoms with van der Waals surface area (Å²) >= 11 is 13.3. The highest BCUT2D eigenvalue weighted by atomic mass is 35.5. The molecular weight excluding hydrogens is 315 g/mol. The molecule has 0 aliphatic rings. The minimum atomic E-state index is -3.64. The van der Waals surface area contributed by atoms with Gasteiger partial charge in [0.25, 0.3) is 0 Å². The molecule has 0 aromatic heterocycles. The Kier molecular flexibility index (Phi) is 6.07. The Morgan fingerprint density at radius 1 is 1.39 bits per heavy atom. The van der Waals surface area contributed by atoms with Gasteiger partial charge in [-0.25, -0.2) is 13.1 Å². The molecule has 0 atom stereocenters. The molecule has 0 aliphatic carbocycles. The predicted molar refractivity (Wildman–Crippen MR) is 79.1 cm³/mol. The Labute approximate surface area is 121 Å². The third-order valence-corrected chi connectivity index (χ3v) is 5.25. The van der Waals surface area contributed by atoms with E-state index in [-0.39, 0.29) is 20.6 Å². The number of halogens is 2. The molecule has 0 saturated heterocycles. The van der Waals surface area contributed by atoms with E-state index in [2.05, 4.69) is 4.72 Å². The smallest absolute Gasteiger partial charge is 0.242 e. The van der Waals surface area contributed by atoms with Crippen molar-refractivity contribution in [3.8, 4) is 0 Å². The number of sulfonamides is 1. The van der Waals surface area contributed by atoms with Crippen molar-refractivity contribution < 1.29 is 8.42 Å². The van der Waals surface area contributed by atoms with Crippen LogP contribution in [-0.2, 0) is 10.0 Å². The van der Waals surface area contributed by atoms with Gasteiger partial charge < -0.3 is 5.73 Å². The van der Waals surface area contributed by atoms with Crippen molar-refractivity contribution in [3.05, 3.63) is 22.2 Å². The van der Waals surface area contributed by atoms with E-state index in [9.17, 15) is 8.42 Å². The second-order valence-corrected chi connectivity index (χ2v) is 7.02. The van der Waals surface area contributed by atoms with E-state index < -0.39 is 10.0 Å². The molecule has 0 bridgehead atoms. The molecule has 0 aliphatic heterocycles. The highest BCUT2D eigenvalue weighted by molar-refractivity contribution is 7.98. The number of rotatable bonds is 6. The maximum atomic E-state index is 12.0. The van der Waals surface area contributed by atoms with Crippen molar-refractivity contribution in [2.45, 2.75) is 11.3 Å². The fourth-order valence-corrected chi connectivity index (χ4v) is 3.53. The number of hydrogen-bond acceptors (Lipinski definition) is 4. The van der Waals surface area contributed by atoms with E-state index in [0.29, 0.717) is 6.54 Å². The molecule has 0 radical (unpaired) electrons. The quantitative estimate of drug-likeness (QED) is 0.622. The average molecular weight is 329 g/mol. The van der Waals surface area contributed by atoms with Crippen molar-refractivity contribution in [2.75, 3.05) is 24.3 Å². The fraction of sp³-hybridized carbons (Fsp3) is 0.400. The first-order chi connectivity index (χ1) is 8.40. The maximum Gasteiger partial charge on any atom is 0.242 e. The van der Waals surface area contributed by atoms with Crippen LogP contribution in [0.3, 0.4) is 0 Å². The standard InChI is InChI=1S/C10H14Cl2N2O2S2/c1-17-6-2-5-14-18(15,16)8-4-3-7(11)10(13)9(8)12/h3-4,14H,2,5-6,13H2,1H3. The Morgan fingerprint density at radius 2 is 2.06 bits per heavy atom. The minimum absolute atomic E-state index is 0.0418. The summed E-state index contributed by atoms with van der Waals surface area (Å²) in [4.78, 5) is -0.0461. The molecule has 0 amide bonds. The van der Waals surface area contributed by atoms with Crippen LogP contribution in [0.25, 0.3) is 0 Å². The number of thioether (sulfide) groups is 1. The number of benzene rings is 1. The summed E-state index contributed by atoms with van der Waals surface area (Å²) in [7, 11) is -3.64. The van der Waals surface area contributed by atoms with Crippen molar-refractivity contribution in [1.29, 1.82) is 0 Å². The van der Waals surface area contributed by atoms with Crippen LogP contribution in [0, 0.1) is 0 Å². The number of anilines is 1. The molecule has 0 unspecified atom stereocenters. The van der Waals surface area contributed by atoms with Crippen LogP contribution in [0.5, 0.6) is 0 Å². The SMILES string of the molecule is CSCCCNS(=O)(=O)c1ccc(Cl)c(N)c1Cl. The van der Waals surface area contributed by atoms with Gasteiger partial charge >= 0.3 is 0 Å². The maximum absolute atomic E-state index is 12.0. The zero-order valence-corrected chi connectivity index (χ0v) is 12.9. The van der Waals surface area contributed by atoms with Gasteiger partial charge in [0.05, 0.1) is 15.7 Å². The van der Waals surface area contributed by atoms with Crippen LogP contribution in [0.1, 0.15) is 6.42 Å². The first kappa shape index (κ1) is 15.9. The van der Waals surface area contributed by atoms with Crippen LogP contribution >= 0.6 is 35.0 Å². The second kappa shape index (κ2) is 6.86. The van der Waals surface area contributed by atoms with Crippen molar-refractivity contribution in [1.82, 2.24) is 4.72 Å². The molecule has 1 rings (SSSR count). The molecule has 0 spiro atoms. The van der Waals surface area contributed by atoms with Crippen molar-refractivity contribution in [3.63, 3.8) is 0 Å². The van der Waals surface area contributed by atoms with Crippen LogP contribution in [0.2, 0.25) is 10.0 Å². The zero-order chi connectivity index (χ0) is 13.8. The molecule has 0 saturated carbocycles. The molecule has 102 valence electrons. The highest BCUT2D eigenvalue weighted by Crippen LogP contribution is 2.32. The third-order valence-electron chi connectivity index (χ3n) is 2.20. The Morgan fingerprint density at radius 3 is 2.67 bits per heavy atom. The zero-order valence-electron chi connectivity index (χ0n) is 9.74. The summed E-state index contributed by atoms with van der Waals surface area (Å²) in [6, 6.07) is 2.76. The lowest BCUT2D eigenvalue weighted by molar-refractivity contribution is 0.581. The van der Waals surface area contributed by atoms with E-state index in [0.717, 1.165) is 12.2 Å². The van der Waals surface area contributed by atoms with Gasteiger partial charge in [-0.1, -0.05) is 23.2 Å². The van der Waals surface area contributed by atoms with E-state index >= 15 is 0 Å². The molecule has 1 aromatic rings. The van der Waals surface area contributed by atoms with Gasteiger partial charge in [0.2, 0.25) is 10.0 Å². The summed E-state index contributed by atoms with van der Waals surface area (Å²) in [5.41, 5.74) is 5.67. The molecule has 1 aromatic carbocycles. The van der Waals surface area contributed by atoms with Crippen molar-refractivity contribution in [2.24, 2.45) is 0 Å². The van der Waals surface area contributed by atoms with Crippen LogP contribution in [0.4, 0.5) is 5.69 Å². The summed E-state index contributed by atoms with van der Waals surface area (Å²) in [6.45, 7) is 0.363. The Bertz CT molecular complexity index is 521. The van der Waals surface area contributed by atoms with Crippen LogP contribution < -0.4 is 10.5 Å². The third kappa shape index (κ3) is 3.93. The van der Waals surface area contributed by atoms with Gasteiger partial charge in [0, 0.05) is 6.54 Å². The molecule has 8 heteroatoms. The van der Waals surface area contributed by atoms with Crippen LogP contribution in [0.15, 0.2) is 17.0 Å². The number of nitrogens with two attached hydrogens (primary N) is 1. The summed E-state index contributed by atoms with van der Waals surface area (Å²) in [5.74, 6) is 0.888. The van der Waals surface area contributed by atoms with Gasteiger partial charge in [-0.3, -0.25) is 0 Å². The lowest BCUT2D eigenvalue weighted by atomic mass is 10.3. The normalized spacial score (nSPS) is 11.7. The molecule has 3 N–H and O–H groups in total. The van der Waals surface area contributed by atoms with E-state index in [4.69, 9.17) is 28.9 Å². The molecule has 18 heavy (non-hydrogen) atoms. The summed E-state index contributed by atoms with van der Waals surface area (Å²) in [6.07, 6.45) is 2.71. The summed E-state index contributed by atoms with van der Waals surface area (Å²) in [5, 5.41) is 0.196. The van der Waals surface area contributed by atoms with E-state index in [1.54, 1.807) is 11.8 Å². The first-order valence-electron chi connectivity index (χ1n) is 5.12. The molecule has 4 nitrogen and oxygen atoms in total.